The molecule has 0 fully saturated rings. The second kappa shape index (κ2) is 5.47. The second-order valence-electron chi connectivity index (χ2n) is 4.40. The van der Waals surface area contributed by atoms with Crippen LogP contribution in [0.4, 0.5) is 5.13 Å². The molecular formula is C11H21N3S. The highest BCUT2D eigenvalue weighted by Crippen LogP contribution is 2.24. The summed E-state index contributed by atoms with van der Waals surface area (Å²) in [5.74, 6) is 0.719. The van der Waals surface area contributed by atoms with E-state index in [1.165, 1.54) is 6.42 Å². The van der Waals surface area contributed by atoms with Crippen molar-refractivity contribution in [1.29, 1.82) is 0 Å². The summed E-state index contributed by atoms with van der Waals surface area (Å²) in [6.07, 6.45) is 3.06. The molecule has 86 valence electrons. The van der Waals surface area contributed by atoms with Crippen LogP contribution < -0.4 is 10.6 Å². The predicted octanol–water partition coefficient (Wildman–Crippen LogP) is 2.47. The number of hydrogen-bond donors (Lipinski definition) is 1. The molecule has 0 radical (unpaired) electrons. The lowest BCUT2D eigenvalue weighted by molar-refractivity contribution is 0.504. The number of rotatable bonds is 5. The zero-order chi connectivity index (χ0) is 11.4. The van der Waals surface area contributed by atoms with Crippen LogP contribution in [-0.2, 0) is 6.54 Å². The molecule has 1 heterocycles. The maximum atomic E-state index is 5.57. The van der Waals surface area contributed by atoms with Gasteiger partial charge in [-0.3, -0.25) is 0 Å². The first-order valence-corrected chi connectivity index (χ1v) is 6.23. The molecule has 0 bridgehead atoms. The van der Waals surface area contributed by atoms with Gasteiger partial charge in [0, 0.05) is 30.7 Å². The first-order chi connectivity index (χ1) is 7.04. The fourth-order valence-corrected chi connectivity index (χ4v) is 2.44. The first-order valence-electron chi connectivity index (χ1n) is 5.42. The van der Waals surface area contributed by atoms with Crippen molar-refractivity contribution in [2.45, 2.75) is 39.8 Å². The highest BCUT2D eigenvalue weighted by atomic mass is 32.1. The van der Waals surface area contributed by atoms with E-state index in [-0.39, 0.29) is 0 Å². The minimum atomic E-state index is 0.529. The summed E-state index contributed by atoms with van der Waals surface area (Å²) in [5, 5.41) is 1.07. The number of anilines is 1. The normalized spacial score (nSPS) is 13.2. The van der Waals surface area contributed by atoms with Crippen LogP contribution in [0.15, 0.2) is 6.20 Å². The van der Waals surface area contributed by atoms with Crippen LogP contribution in [0, 0.1) is 5.92 Å². The highest BCUT2D eigenvalue weighted by Gasteiger charge is 2.14. The summed E-state index contributed by atoms with van der Waals surface area (Å²) < 4.78 is 0. The molecule has 0 saturated carbocycles. The monoisotopic (exact) mass is 227 g/mol. The topological polar surface area (TPSA) is 42.2 Å². The van der Waals surface area contributed by atoms with E-state index in [4.69, 9.17) is 5.73 Å². The summed E-state index contributed by atoms with van der Waals surface area (Å²) in [5.41, 5.74) is 5.57. The van der Waals surface area contributed by atoms with Gasteiger partial charge in [-0.25, -0.2) is 4.98 Å². The lowest BCUT2D eigenvalue weighted by Crippen LogP contribution is -2.29. The Balaban J connectivity index is 2.62. The lowest BCUT2D eigenvalue weighted by atomic mass is 10.0. The van der Waals surface area contributed by atoms with Gasteiger partial charge in [-0.15, -0.1) is 11.3 Å². The third-order valence-electron chi connectivity index (χ3n) is 2.52. The molecule has 0 aliphatic carbocycles. The average Bonchev–Trinajstić information content (AvgIpc) is 2.63. The van der Waals surface area contributed by atoms with Crippen molar-refractivity contribution in [2.75, 3.05) is 11.9 Å². The zero-order valence-electron chi connectivity index (χ0n) is 10.0. The Labute approximate surface area is 96.3 Å². The Hall–Kier alpha value is -0.610. The molecule has 1 unspecified atom stereocenters. The van der Waals surface area contributed by atoms with Gasteiger partial charge in [0.25, 0.3) is 0 Å². The van der Waals surface area contributed by atoms with Gasteiger partial charge < -0.3 is 10.6 Å². The van der Waals surface area contributed by atoms with Crippen molar-refractivity contribution in [3.05, 3.63) is 11.1 Å². The van der Waals surface area contributed by atoms with Gasteiger partial charge in [0.15, 0.2) is 5.13 Å². The third kappa shape index (κ3) is 3.47. The molecule has 0 saturated heterocycles. The highest BCUT2D eigenvalue weighted by molar-refractivity contribution is 7.15. The van der Waals surface area contributed by atoms with Crippen LogP contribution in [0.1, 0.15) is 32.1 Å². The summed E-state index contributed by atoms with van der Waals surface area (Å²) in [6, 6.07) is 0.529. The van der Waals surface area contributed by atoms with E-state index in [0.717, 1.165) is 15.9 Å². The van der Waals surface area contributed by atoms with Crippen molar-refractivity contribution in [3.8, 4) is 0 Å². The van der Waals surface area contributed by atoms with Gasteiger partial charge in [0.1, 0.15) is 0 Å². The van der Waals surface area contributed by atoms with Gasteiger partial charge in [-0.2, -0.15) is 0 Å². The summed E-state index contributed by atoms with van der Waals surface area (Å²) in [6.45, 7) is 7.32. The van der Waals surface area contributed by atoms with E-state index in [0.29, 0.717) is 12.6 Å². The third-order valence-corrected chi connectivity index (χ3v) is 3.63. The maximum Gasteiger partial charge on any atom is 0.185 e. The van der Waals surface area contributed by atoms with Crippen LogP contribution in [-0.4, -0.2) is 18.1 Å². The van der Waals surface area contributed by atoms with E-state index in [1.54, 1.807) is 11.3 Å². The predicted molar refractivity (Wildman–Crippen MR) is 67.3 cm³/mol. The molecule has 3 nitrogen and oxygen atoms in total. The largest absolute Gasteiger partial charge is 0.348 e. The Kier molecular flexibility index (Phi) is 4.54. The standard InChI is InChI=1S/C11H21N3S/c1-8(2)5-9(3)14(4)11-13-7-10(6-12)15-11/h7-9H,5-6,12H2,1-4H3. The lowest BCUT2D eigenvalue weighted by Gasteiger charge is -2.25. The molecule has 0 aliphatic rings. The van der Waals surface area contributed by atoms with Crippen LogP contribution in [0.3, 0.4) is 0 Å². The molecule has 0 amide bonds. The van der Waals surface area contributed by atoms with Gasteiger partial charge >= 0.3 is 0 Å². The SMILES string of the molecule is CC(C)CC(C)N(C)c1ncc(CN)s1. The number of aromatic nitrogens is 1. The van der Waals surface area contributed by atoms with Gasteiger partial charge in [-0.05, 0) is 19.3 Å². The Morgan fingerprint density at radius 2 is 2.13 bits per heavy atom. The van der Waals surface area contributed by atoms with E-state index < -0.39 is 0 Å². The van der Waals surface area contributed by atoms with Gasteiger partial charge in [0.2, 0.25) is 0 Å². The van der Waals surface area contributed by atoms with Crippen LogP contribution in [0.5, 0.6) is 0 Å². The van der Waals surface area contributed by atoms with E-state index >= 15 is 0 Å². The van der Waals surface area contributed by atoms with Crippen LogP contribution in [0.2, 0.25) is 0 Å². The quantitative estimate of drug-likeness (QED) is 0.840. The van der Waals surface area contributed by atoms with E-state index in [9.17, 15) is 0 Å². The molecule has 1 rings (SSSR count). The fourth-order valence-electron chi connectivity index (χ4n) is 1.58. The smallest absolute Gasteiger partial charge is 0.185 e. The van der Waals surface area contributed by atoms with Crippen molar-refractivity contribution in [2.24, 2.45) is 11.7 Å². The Bertz CT molecular complexity index is 296. The molecule has 4 heteroatoms. The molecule has 0 aliphatic heterocycles. The van der Waals surface area contributed by atoms with E-state index in [2.05, 4.69) is 37.7 Å². The Morgan fingerprint density at radius 3 is 2.60 bits per heavy atom. The van der Waals surface area contributed by atoms with Crippen LogP contribution in [0.25, 0.3) is 0 Å². The van der Waals surface area contributed by atoms with Crippen molar-refractivity contribution >= 4 is 16.5 Å². The molecular weight excluding hydrogens is 206 g/mol. The molecule has 1 aromatic heterocycles. The fraction of sp³-hybridized carbons (Fsp3) is 0.727. The molecule has 0 aromatic carbocycles. The maximum absolute atomic E-state index is 5.57. The van der Waals surface area contributed by atoms with Gasteiger partial charge in [0.05, 0.1) is 0 Å². The first kappa shape index (κ1) is 12.5. The van der Waals surface area contributed by atoms with Crippen molar-refractivity contribution in [1.82, 2.24) is 4.98 Å². The van der Waals surface area contributed by atoms with Crippen molar-refractivity contribution in [3.63, 3.8) is 0 Å². The number of nitrogens with two attached hydrogens (primary N) is 1. The minimum Gasteiger partial charge on any atom is -0.348 e. The summed E-state index contributed by atoms with van der Waals surface area (Å²) >= 11 is 1.69. The zero-order valence-corrected chi connectivity index (χ0v) is 10.8. The van der Waals surface area contributed by atoms with Gasteiger partial charge in [-0.1, -0.05) is 13.8 Å². The number of hydrogen-bond acceptors (Lipinski definition) is 4. The average molecular weight is 227 g/mol. The summed E-state index contributed by atoms with van der Waals surface area (Å²) in [4.78, 5) is 7.77. The molecule has 1 atom stereocenters. The number of thiazole rings is 1. The molecule has 2 N–H and O–H groups in total. The second-order valence-corrected chi connectivity index (χ2v) is 5.50. The minimum absolute atomic E-state index is 0.529. The van der Waals surface area contributed by atoms with Crippen molar-refractivity contribution < 1.29 is 0 Å². The molecule has 1 aromatic rings. The Morgan fingerprint density at radius 1 is 1.47 bits per heavy atom. The van der Waals surface area contributed by atoms with E-state index in [1.807, 2.05) is 6.20 Å². The van der Waals surface area contributed by atoms with Crippen LogP contribution >= 0.6 is 11.3 Å². The summed E-state index contributed by atoms with van der Waals surface area (Å²) in [7, 11) is 2.10. The molecule has 0 spiro atoms. The molecule has 15 heavy (non-hydrogen) atoms. The number of nitrogens with zero attached hydrogens (tertiary/aromatic N) is 2.